The molecule has 0 saturated heterocycles. The third kappa shape index (κ3) is 1.93. The van der Waals surface area contributed by atoms with Crippen molar-refractivity contribution in [3.8, 4) is 5.75 Å². The van der Waals surface area contributed by atoms with Crippen molar-refractivity contribution in [2.75, 3.05) is 0 Å². The molecule has 0 aliphatic rings. The second-order valence-corrected chi connectivity index (χ2v) is 3.95. The van der Waals surface area contributed by atoms with Crippen LogP contribution in [0, 0.1) is 6.92 Å². The van der Waals surface area contributed by atoms with Gasteiger partial charge in [-0.15, -0.1) is 0 Å². The molecule has 0 saturated carbocycles. The molecule has 2 aromatic rings. The Kier molecular flexibility index (Phi) is 3.02. The number of benzene rings is 1. The van der Waals surface area contributed by atoms with Crippen molar-refractivity contribution < 1.29 is 14.3 Å². The second-order valence-electron chi connectivity index (χ2n) is 3.95. The molecule has 0 aliphatic heterocycles. The summed E-state index contributed by atoms with van der Waals surface area (Å²) in [4.78, 5) is 23.3. The maximum absolute atomic E-state index is 11.9. The molecule has 0 fully saturated rings. The first-order chi connectivity index (χ1) is 8.54. The maximum atomic E-state index is 11.9. The molecule has 0 radical (unpaired) electrons. The lowest BCUT2D eigenvalue weighted by atomic mass is 10.0. The van der Waals surface area contributed by atoms with Crippen LogP contribution in [0.5, 0.6) is 5.75 Å². The summed E-state index contributed by atoms with van der Waals surface area (Å²) in [6.45, 7) is 3.45. The molecule has 1 aromatic heterocycles. The van der Waals surface area contributed by atoms with Gasteiger partial charge in [-0.2, -0.15) is 0 Å². The molecule has 1 N–H and O–H groups in total. The van der Waals surface area contributed by atoms with Gasteiger partial charge >= 0.3 is 5.63 Å². The minimum absolute atomic E-state index is 0.0198. The number of aromatic hydroxyl groups is 1. The molecule has 92 valence electrons. The summed E-state index contributed by atoms with van der Waals surface area (Å²) >= 11 is 0. The molecule has 18 heavy (non-hydrogen) atoms. The molecule has 0 aliphatic carbocycles. The van der Waals surface area contributed by atoms with Crippen molar-refractivity contribution in [1.29, 1.82) is 0 Å². The number of allylic oxidation sites excluding steroid dienone is 2. The van der Waals surface area contributed by atoms with Crippen LogP contribution in [0.1, 0.15) is 22.8 Å². The highest BCUT2D eigenvalue weighted by atomic mass is 16.4. The van der Waals surface area contributed by atoms with E-state index in [-0.39, 0.29) is 16.9 Å². The minimum Gasteiger partial charge on any atom is -0.507 e. The SMILES string of the molecule is C/C=C/C(=O)c1c(O)ccc2c(C)cc(=O)oc12. The van der Waals surface area contributed by atoms with Gasteiger partial charge in [0.05, 0.1) is 0 Å². The number of aryl methyl sites for hydroxylation is 1. The fourth-order valence-electron chi connectivity index (χ4n) is 1.85. The molecule has 0 unspecified atom stereocenters. The lowest BCUT2D eigenvalue weighted by Crippen LogP contribution is -2.03. The number of hydrogen-bond acceptors (Lipinski definition) is 4. The largest absolute Gasteiger partial charge is 0.507 e. The van der Waals surface area contributed by atoms with E-state index in [0.29, 0.717) is 10.9 Å². The first-order valence-corrected chi connectivity index (χ1v) is 5.48. The Morgan fingerprint density at radius 1 is 1.39 bits per heavy atom. The molecular formula is C14H12O4. The Morgan fingerprint density at radius 2 is 2.11 bits per heavy atom. The third-order valence-electron chi connectivity index (χ3n) is 2.66. The third-order valence-corrected chi connectivity index (χ3v) is 2.66. The van der Waals surface area contributed by atoms with E-state index in [1.165, 1.54) is 18.2 Å². The van der Waals surface area contributed by atoms with Crippen LogP contribution >= 0.6 is 0 Å². The standard InChI is InChI=1S/C14H12O4/c1-3-4-10(15)13-11(16)6-5-9-8(2)7-12(17)18-14(9)13/h3-7,16H,1-2H3/b4-3+. The van der Waals surface area contributed by atoms with Crippen molar-refractivity contribution >= 4 is 16.8 Å². The van der Waals surface area contributed by atoms with Crippen molar-refractivity contribution in [2.24, 2.45) is 0 Å². The van der Waals surface area contributed by atoms with Gasteiger partial charge in [0.2, 0.25) is 0 Å². The Labute approximate surface area is 103 Å². The first-order valence-electron chi connectivity index (χ1n) is 5.48. The van der Waals surface area contributed by atoms with E-state index >= 15 is 0 Å². The number of ketones is 1. The number of carbonyl (C=O) groups is 1. The zero-order chi connectivity index (χ0) is 13.3. The van der Waals surface area contributed by atoms with E-state index in [1.807, 2.05) is 0 Å². The molecule has 0 bridgehead atoms. The average Bonchev–Trinajstić information content (AvgIpc) is 2.28. The molecule has 0 amide bonds. The van der Waals surface area contributed by atoms with E-state index in [9.17, 15) is 14.7 Å². The molecular weight excluding hydrogens is 232 g/mol. The van der Waals surface area contributed by atoms with Crippen molar-refractivity contribution in [3.05, 3.63) is 51.9 Å². The van der Waals surface area contributed by atoms with Gasteiger partial charge in [-0.05, 0) is 37.6 Å². The van der Waals surface area contributed by atoms with Gasteiger partial charge < -0.3 is 9.52 Å². The van der Waals surface area contributed by atoms with E-state index < -0.39 is 11.4 Å². The first kappa shape index (κ1) is 12.1. The van der Waals surface area contributed by atoms with Crippen LogP contribution in [0.3, 0.4) is 0 Å². The topological polar surface area (TPSA) is 67.5 Å². The number of hydrogen-bond donors (Lipinski definition) is 1. The molecule has 0 spiro atoms. The second kappa shape index (κ2) is 4.49. The Bertz CT molecular complexity index is 708. The summed E-state index contributed by atoms with van der Waals surface area (Å²) in [5.41, 5.74) is 0.311. The van der Waals surface area contributed by atoms with E-state index in [1.54, 1.807) is 26.0 Å². The van der Waals surface area contributed by atoms with Crippen molar-refractivity contribution in [3.63, 3.8) is 0 Å². The predicted molar refractivity (Wildman–Crippen MR) is 68.0 cm³/mol. The van der Waals surface area contributed by atoms with Crippen LogP contribution in [-0.4, -0.2) is 10.9 Å². The normalized spacial score (nSPS) is 11.2. The van der Waals surface area contributed by atoms with Gasteiger partial charge in [0.25, 0.3) is 0 Å². The van der Waals surface area contributed by atoms with Crippen molar-refractivity contribution in [1.82, 2.24) is 0 Å². The lowest BCUT2D eigenvalue weighted by molar-refractivity contribution is 0.104. The molecule has 4 heteroatoms. The van der Waals surface area contributed by atoms with E-state index in [4.69, 9.17) is 4.42 Å². The Morgan fingerprint density at radius 3 is 2.78 bits per heavy atom. The van der Waals surface area contributed by atoms with Gasteiger partial charge in [-0.1, -0.05) is 6.08 Å². The smallest absolute Gasteiger partial charge is 0.336 e. The number of phenolic OH excluding ortho intramolecular Hbond substituents is 1. The fourth-order valence-corrected chi connectivity index (χ4v) is 1.85. The van der Waals surface area contributed by atoms with Crippen LogP contribution in [0.25, 0.3) is 11.0 Å². The van der Waals surface area contributed by atoms with Gasteiger partial charge in [-0.25, -0.2) is 4.79 Å². The zero-order valence-electron chi connectivity index (χ0n) is 10.1. The number of phenols is 1. The summed E-state index contributed by atoms with van der Waals surface area (Å²) in [7, 11) is 0. The summed E-state index contributed by atoms with van der Waals surface area (Å²) < 4.78 is 5.05. The van der Waals surface area contributed by atoms with E-state index in [0.717, 1.165) is 0 Å². The summed E-state index contributed by atoms with van der Waals surface area (Å²) in [5, 5.41) is 10.4. The highest BCUT2D eigenvalue weighted by molar-refractivity contribution is 6.14. The van der Waals surface area contributed by atoms with Gasteiger partial charge in [0.1, 0.15) is 11.3 Å². The highest BCUT2D eigenvalue weighted by Gasteiger charge is 2.16. The van der Waals surface area contributed by atoms with Crippen LogP contribution in [0.15, 0.2) is 39.6 Å². The number of carbonyl (C=O) groups excluding carboxylic acids is 1. The molecule has 1 aromatic carbocycles. The quantitative estimate of drug-likeness (QED) is 0.501. The number of rotatable bonds is 2. The lowest BCUT2D eigenvalue weighted by Gasteiger charge is -2.06. The predicted octanol–water partition coefficient (Wildman–Crippen LogP) is 2.57. The van der Waals surface area contributed by atoms with Gasteiger partial charge in [-0.3, -0.25) is 4.79 Å². The van der Waals surface area contributed by atoms with Gasteiger partial charge in [0, 0.05) is 11.5 Å². The molecule has 2 rings (SSSR count). The fraction of sp³-hybridized carbons (Fsp3) is 0.143. The van der Waals surface area contributed by atoms with Crippen LogP contribution in [-0.2, 0) is 0 Å². The Hall–Kier alpha value is -2.36. The Balaban J connectivity index is 2.90. The van der Waals surface area contributed by atoms with Crippen LogP contribution in [0.4, 0.5) is 0 Å². The zero-order valence-corrected chi connectivity index (χ0v) is 10.1. The highest BCUT2D eigenvalue weighted by Crippen LogP contribution is 2.28. The molecule has 4 nitrogen and oxygen atoms in total. The monoisotopic (exact) mass is 244 g/mol. The van der Waals surface area contributed by atoms with Crippen LogP contribution < -0.4 is 5.63 Å². The molecule has 0 atom stereocenters. The average molecular weight is 244 g/mol. The molecule has 1 heterocycles. The summed E-state index contributed by atoms with van der Waals surface area (Å²) in [6.07, 6.45) is 2.88. The van der Waals surface area contributed by atoms with Crippen LogP contribution in [0.2, 0.25) is 0 Å². The summed E-state index contributed by atoms with van der Waals surface area (Å²) in [5.74, 6) is -0.589. The van der Waals surface area contributed by atoms with Crippen molar-refractivity contribution in [2.45, 2.75) is 13.8 Å². The summed E-state index contributed by atoms with van der Waals surface area (Å²) in [6, 6.07) is 4.39. The van der Waals surface area contributed by atoms with E-state index in [2.05, 4.69) is 0 Å². The van der Waals surface area contributed by atoms with Gasteiger partial charge in [0.15, 0.2) is 11.4 Å². The minimum atomic E-state index is -0.542. The maximum Gasteiger partial charge on any atom is 0.336 e. The number of fused-ring (bicyclic) bond motifs is 1.